The number of carbonyl (C=O) groups is 1. The molecule has 0 atom stereocenters. The van der Waals surface area contributed by atoms with Gasteiger partial charge >= 0.3 is 0 Å². The predicted molar refractivity (Wildman–Crippen MR) is 94.2 cm³/mol. The van der Waals surface area contributed by atoms with Gasteiger partial charge in [-0.3, -0.25) is 9.10 Å². The number of nitrogens with one attached hydrogen (secondary N) is 1. The van der Waals surface area contributed by atoms with E-state index < -0.39 is 21.5 Å². The van der Waals surface area contributed by atoms with Crippen molar-refractivity contribution in [3.63, 3.8) is 0 Å². The van der Waals surface area contributed by atoms with Gasteiger partial charge in [-0.15, -0.1) is 0 Å². The fourth-order valence-electron chi connectivity index (χ4n) is 2.01. The first-order valence-electron chi connectivity index (χ1n) is 7.55. The molecule has 0 radical (unpaired) electrons. The fourth-order valence-corrected chi connectivity index (χ4v) is 2.86. The first-order chi connectivity index (χ1) is 11.0. The van der Waals surface area contributed by atoms with Crippen molar-refractivity contribution in [2.75, 3.05) is 31.3 Å². The second kappa shape index (κ2) is 7.74. The van der Waals surface area contributed by atoms with Crippen molar-refractivity contribution in [1.29, 1.82) is 0 Å². The Labute approximate surface area is 144 Å². The van der Waals surface area contributed by atoms with E-state index in [-0.39, 0.29) is 12.2 Å². The molecule has 7 nitrogen and oxygen atoms in total. The fraction of sp³-hybridized carbons (Fsp3) is 0.562. The number of benzene rings is 1. The molecule has 0 bridgehead atoms. The van der Waals surface area contributed by atoms with E-state index in [1.807, 2.05) is 20.8 Å². The molecule has 0 aliphatic heterocycles. The average Bonchev–Trinajstić information content (AvgIpc) is 2.50. The van der Waals surface area contributed by atoms with Gasteiger partial charge in [0, 0.05) is 11.6 Å². The van der Waals surface area contributed by atoms with E-state index in [9.17, 15) is 13.2 Å². The Hall–Kier alpha value is -1.96. The molecule has 0 aliphatic carbocycles. The summed E-state index contributed by atoms with van der Waals surface area (Å²) in [7, 11) is -0.780. The molecule has 1 amide bonds. The normalized spacial score (nSPS) is 11.8. The quantitative estimate of drug-likeness (QED) is 0.766. The molecule has 24 heavy (non-hydrogen) atoms. The molecule has 1 aromatic carbocycles. The molecule has 0 saturated heterocycles. The monoisotopic (exact) mass is 358 g/mol. The molecule has 1 rings (SSSR count). The Morgan fingerprint density at radius 2 is 1.88 bits per heavy atom. The van der Waals surface area contributed by atoms with Crippen LogP contribution in [0.1, 0.15) is 27.2 Å². The molecule has 8 heteroatoms. The summed E-state index contributed by atoms with van der Waals surface area (Å²) in [5.74, 6) is 0.412. The van der Waals surface area contributed by atoms with Crippen molar-refractivity contribution in [2.45, 2.75) is 32.7 Å². The van der Waals surface area contributed by atoms with E-state index in [0.717, 1.165) is 17.0 Å². The molecule has 0 aliphatic rings. The maximum absolute atomic E-state index is 12.3. The Morgan fingerprint density at radius 3 is 2.33 bits per heavy atom. The van der Waals surface area contributed by atoms with Crippen molar-refractivity contribution >= 4 is 21.6 Å². The van der Waals surface area contributed by atoms with Gasteiger partial charge in [-0.2, -0.15) is 0 Å². The lowest BCUT2D eigenvalue weighted by molar-refractivity contribution is -0.121. The molecule has 1 aromatic rings. The zero-order chi connectivity index (χ0) is 18.5. The Kier molecular flexibility index (Phi) is 6.48. The number of sulfonamides is 1. The summed E-state index contributed by atoms with van der Waals surface area (Å²) < 4.78 is 35.8. The zero-order valence-electron chi connectivity index (χ0n) is 15.0. The highest BCUT2D eigenvalue weighted by atomic mass is 32.2. The summed E-state index contributed by atoms with van der Waals surface area (Å²) in [6.45, 7) is 5.36. The number of rotatable bonds is 8. The number of carbonyl (C=O) groups excluding carboxylic acids is 1. The highest BCUT2D eigenvalue weighted by Gasteiger charge is 2.27. The molecule has 0 unspecified atom stereocenters. The van der Waals surface area contributed by atoms with Crippen molar-refractivity contribution in [1.82, 2.24) is 5.32 Å². The molecular weight excluding hydrogens is 332 g/mol. The highest BCUT2D eigenvalue weighted by molar-refractivity contribution is 7.92. The lowest BCUT2D eigenvalue weighted by Gasteiger charge is -2.28. The third-order valence-corrected chi connectivity index (χ3v) is 4.83. The van der Waals surface area contributed by atoms with Crippen LogP contribution < -0.4 is 19.1 Å². The van der Waals surface area contributed by atoms with E-state index in [1.165, 1.54) is 20.3 Å². The standard InChI is InChI=1S/C16H26N2O5S/c1-7-16(2,3)17-15(19)11-18(24(6,20)21)13-10-12(22-4)8-9-14(13)23-5/h8-10H,7,11H2,1-6H3,(H,17,19). The van der Waals surface area contributed by atoms with Crippen LogP contribution in [-0.4, -0.2) is 46.9 Å². The van der Waals surface area contributed by atoms with E-state index in [4.69, 9.17) is 9.47 Å². The summed E-state index contributed by atoms with van der Waals surface area (Å²) in [5, 5.41) is 2.83. The van der Waals surface area contributed by atoms with Crippen LogP contribution in [0, 0.1) is 0 Å². The van der Waals surface area contributed by atoms with Gasteiger partial charge in [0.05, 0.1) is 26.2 Å². The van der Waals surface area contributed by atoms with Crippen LogP contribution in [0.2, 0.25) is 0 Å². The van der Waals surface area contributed by atoms with Crippen LogP contribution in [-0.2, 0) is 14.8 Å². The van der Waals surface area contributed by atoms with Crippen LogP contribution in [0.3, 0.4) is 0 Å². The molecule has 0 spiro atoms. The summed E-state index contributed by atoms with van der Waals surface area (Å²) >= 11 is 0. The van der Waals surface area contributed by atoms with Gasteiger partial charge in [0.1, 0.15) is 18.0 Å². The maximum atomic E-state index is 12.3. The summed E-state index contributed by atoms with van der Waals surface area (Å²) in [6.07, 6.45) is 1.77. The number of amides is 1. The highest BCUT2D eigenvalue weighted by Crippen LogP contribution is 2.33. The van der Waals surface area contributed by atoms with Crippen molar-refractivity contribution in [3.05, 3.63) is 18.2 Å². The minimum absolute atomic E-state index is 0.254. The van der Waals surface area contributed by atoms with E-state index >= 15 is 0 Å². The van der Waals surface area contributed by atoms with Gasteiger partial charge in [-0.05, 0) is 32.4 Å². The van der Waals surface area contributed by atoms with Gasteiger partial charge in [0.2, 0.25) is 15.9 Å². The van der Waals surface area contributed by atoms with Crippen LogP contribution in [0.4, 0.5) is 5.69 Å². The second-order valence-corrected chi connectivity index (χ2v) is 8.00. The third-order valence-electron chi connectivity index (χ3n) is 3.70. The Bertz CT molecular complexity index is 686. The predicted octanol–water partition coefficient (Wildman–Crippen LogP) is 1.77. The molecule has 1 N–H and O–H groups in total. The molecular formula is C16H26N2O5S. The Morgan fingerprint density at radius 1 is 1.25 bits per heavy atom. The summed E-state index contributed by atoms with van der Waals surface area (Å²) in [6, 6.07) is 4.78. The van der Waals surface area contributed by atoms with E-state index in [2.05, 4.69) is 5.32 Å². The summed E-state index contributed by atoms with van der Waals surface area (Å²) in [5.41, 5.74) is -0.164. The van der Waals surface area contributed by atoms with Gasteiger partial charge in [-0.1, -0.05) is 6.92 Å². The van der Waals surface area contributed by atoms with Crippen molar-refractivity contribution in [3.8, 4) is 11.5 Å². The van der Waals surface area contributed by atoms with E-state index in [0.29, 0.717) is 11.5 Å². The molecule has 0 fully saturated rings. The van der Waals surface area contributed by atoms with Crippen LogP contribution >= 0.6 is 0 Å². The third kappa shape index (κ3) is 5.30. The summed E-state index contributed by atoms with van der Waals surface area (Å²) in [4.78, 5) is 12.3. The Balaban J connectivity index is 3.23. The number of ether oxygens (including phenoxy) is 2. The smallest absolute Gasteiger partial charge is 0.241 e. The van der Waals surface area contributed by atoms with Crippen LogP contribution in [0.15, 0.2) is 18.2 Å². The number of hydrogen-bond donors (Lipinski definition) is 1. The van der Waals surface area contributed by atoms with Crippen molar-refractivity contribution in [2.24, 2.45) is 0 Å². The minimum atomic E-state index is -3.70. The minimum Gasteiger partial charge on any atom is -0.497 e. The van der Waals surface area contributed by atoms with Crippen LogP contribution in [0.5, 0.6) is 11.5 Å². The largest absolute Gasteiger partial charge is 0.497 e. The lowest BCUT2D eigenvalue weighted by atomic mass is 10.0. The number of hydrogen-bond acceptors (Lipinski definition) is 5. The van der Waals surface area contributed by atoms with Gasteiger partial charge < -0.3 is 14.8 Å². The number of anilines is 1. The van der Waals surface area contributed by atoms with Gasteiger partial charge in [0.25, 0.3) is 0 Å². The number of methoxy groups -OCH3 is 2. The lowest BCUT2D eigenvalue weighted by Crippen LogP contribution is -2.48. The molecule has 0 saturated carbocycles. The SMILES string of the molecule is CCC(C)(C)NC(=O)CN(c1cc(OC)ccc1OC)S(C)(=O)=O. The topological polar surface area (TPSA) is 84.9 Å². The first kappa shape index (κ1) is 20.1. The zero-order valence-corrected chi connectivity index (χ0v) is 15.9. The van der Waals surface area contributed by atoms with Gasteiger partial charge in [-0.25, -0.2) is 8.42 Å². The van der Waals surface area contributed by atoms with E-state index in [1.54, 1.807) is 12.1 Å². The maximum Gasteiger partial charge on any atom is 0.241 e. The average molecular weight is 358 g/mol. The van der Waals surface area contributed by atoms with Crippen LogP contribution in [0.25, 0.3) is 0 Å². The van der Waals surface area contributed by atoms with Crippen molar-refractivity contribution < 1.29 is 22.7 Å². The molecule has 0 aromatic heterocycles. The first-order valence-corrected chi connectivity index (χ1v) is 9.39. The van der Waals surface area contributed by atoms with Gasteiger partial charge in [0.15, 0.2) is 0 Å². The number of nitrogens with zero attached hydrogens (tertiary/aromatic N) is 1. The molecule has 0 heterocycles. The second-order valence-electron chi connectivity index (χ2n) is 6.09. The molecule has 136 valence electrons.